The molecule has 2 aromatic rings. The molecule has 24 heavy (non-hydrogen) atoms. The molecule has 2 aliphatic heterocycles. The number of ether oxygens (including phenoxy) is 2. The van der Waals surface area contributed by atoms with E-state index in [0.717, 1.165) is 75.6 Å². The van der Waals surface area contributed by atoms with Crippen LogP contribution in [0.3, 0.4) is 0 Å². The van der Waals surface area contributed by atoms with E-state index in [-0.39, 0.29) is 0 Å². The Labute approximate surface area is 142 Å². The lowest BCUT2D eigenvalue weighted by molar-refractivity contribution is 0.121. The van der Waals surface area contributed by atoms with E-state index in [1.165, 1.54) is 0 Å². The van der Waals surface area contributed by atoms with Crippen LogP contribution in [0.1, 0.15) is 0 Å². The standard InChI is InChI=1S/C18H22N4O2/c1-2-4-15(5-3-1)16-14-17(21-6-10-23-11-7-21)20-18(19-16)22-8-12-24-13-9-22/h1-5,14H,6-13H2. The third kappa shape index (κ3) is 3.34. The van der Waals surface area contributed by atoms with Gasteiger partial charge in [-0.1, -0.05) is 30.3 Å². The molecule has 2 saturated heterocycles. The fraction of sp³-hybridized carbons (Fsp3) is 0.444. The molecule has 0 unspecified atom stereocenters. The number of nitrogens with zero attached hydrogens (tertiary/aromatic N) is 4. The van der Waals surface area contributed by atoms with E-state index in [0.29, 0.717) is 0 Å². The summed E-state index contributed by atoms with van der Waals surface area (Å²) in [6.07, 6.45) is 0. The molecule has 0 spiro atoms. The zero-order valence-corrected chi connectivity index (χ0v) is 13.7. The SMILES string of the molecule is c1ccc(-c2cc(N3CCOCC3)nc(N3CCOCC3)n2)cc1. The minimum absolute atomic E-state index is 0.728. The summed E-state index contributed by atoms with van der Waals surface area (Å²) in [4.78, 5) is 14.1. The van der Waals surface area contributed by atoms with E-state index < -0.39 is 0 Å². The monoisotopic (exact) mass is 326 g/mol. The maximum absolute atomic E-state index is 5.47. The molecule has 0 atom stereocenters. The summed E-state index contributed by atoms with van der Waals surface area (Å²) in [5, 5.41) is 0. The van der Waals surface area contributed by atoms with Crippen LogP contribution in [0.25, 0.3) is 11.3 Å². The van der Waals surface area contributed by atoms with Gasteiger partial charge < -0.3 is 19.3 Å². The van der Waals surface area contributed by atoms with Crippen molar-refractivity contribution in [2.45, 2.75) is 0 Å². The second-order valence-corrected chi connectivity index (χ2v) is 5.98. The minimum atomic E-state index is 0.728. The van der Waals surface area contributed by atoms with Crippen molar-refractivity contribution in [1.82, 2.24) is 9.97 Å². The second kappa shape index (κ2) is 7.15. The van der Waals surface area contributed by atoms with Crippen LogP contribution in [0.4, 0.5) is 11.8 Å². The Bertz CT molecular complexity index is 632. The third-order valence-corrected chi connectivity index (χ3v) is 4.40. The maximum atomic E-state index is 5.47. The molecular weight excluding hydrogens is 304 g/mol. The summed E-state index contributed by atoms with van der Waals surface area (Å²) < 4.78 is 10.9. The molecule has 6 heteroatoms. The predicted octanol–water partition coefficient (Wildman–Crippen LogP) is 1.82. The molecule has 0 N–H and O–H groups in total. The van der Waals surface area contributed by atoms with Crippen molar-refractivity contribution in [2.75, 3.05) is 62.4 Å². The number of benzene rings is 1. The van der Waals surface area contributed by atoms with Crippen LogP contribution in [-0.4, -0.2) is 62.6 Å². The van der Waals surface area contributed by atoms with Crippen molar-refractivity contribution in [3.8, 4) is 11.3 Å². The number of aromatic nitrogens is 2. The first-order valence-electron chi connectivity index (χ1n) is 8.50. The smallest absolute Gasteiger partial charge is 0.228 e. The summed E-state index contributed by atoms with van der Waals surface area (Å²) in [6, 6.07) is 12.4. The lowest BCUT2D eigenvalue weighted by Gasteiger charge is -2.31. The van der Waals surface area contributed by atoms with E-state index in [2.05, 4.69) is 28.0 Å². The highest BCUT2D eigenvalue weighted by Crippen LogP contribution is 2.25. The van der Waals surface area contributed by atoms with Gasteiger partial charge in [0.25, 0.3) is 0 Å². The maximum Gasteiger partial charge on any atom is 0.228 e. The van der Waals surface area contributed by atoms with Crippen LogP contribution in [0, 0.1) is 0 Å². The number of rotatable bonds is 3. The quantitative estimate of drug-likeness (QED) is 0.857. The molecule has 2 fully saturated rings. The van der Waals surface area contributed by atoms with Crippen LogP contribution in [0.2, 0.25) is 0 Å². The fourth-order valence-corrected chi connectivity index (χ4v) is 3.04. The number of morpholine rings is 2. The minimum Gasteiger partial charge on any atom is -0.378 e. The van der Waals surface area contributed by atoms with Gasteiger partial charge in [0.2, 0.25) is 5.95 Å². The molecule has 6 nitrogen and oxygen atoms in total. The fourth-order valence-electron chi connectivity index (χ4n) is 3.04. The van der Waals surface area contributed by atoms with Gasteiger partial charge in [0.05, 0.1) is 32.1 Å². The van der Waals surface area contributed by atoms with Gasteiger partial charge in [-0.15, -0.1) is 0 Å². The molecule has 126 valence electrons. The van der Waals surface area contributed by atoms with Gasteiger partial charge in [0.15, 0.2) is 0 Å². The zero-order chi connectivity index (χ0) is 16.2. The van der Waals surface area contributed by atoms with E-state index >= 15 is 0 Å². The van der Waals surface area contributed by atoms with E-state index in [9.17, 15) is 0 Å². The van der Waals surface area contributed by atoms with E-state index in [1.54, 1.807) is 0 Å². The van der Waals surface area contributed by atoms with E-state index in [1.807, 2.05) is 18.2 Å². The molecule has 0 saturated carbocycles. The Kier molecular flexibility index (Phi) is 4.57. The van der Waals surface area contributed by atoms with Gasteiger partial charge in [-0.25, -0.2) is 4.98 Å². The van der Waals surface area contributed by atoms with Gasteiger partial charge in [0, 0.05) is 37.8 Å². The number of anilines is 2. The highest BCUT2D eigenvalue weighted by Gasteiger charge is 2.19. The van der Waals surface area contributed by atoms with Crippen molar-refractivity contribution >= 4 is 11.8 Å². The Morgan fingerprint density at radius 2 is 1.38 bits per heavy atom. The number of hydrogen-bond acceptors (Lipinski definition) is 6. The average Bonchev–Trinajstić information content (AvgIpc) is 2.70. The highest BCUT2D eigenvalue weighted by atomic mass is 16.5. The van der Waals surface area contributed by atoms with Gasteiger partial charge in [-0.3, -0.25) is 0 Å². The van der Waals surface area contributed by atoms with Crippen LogP contribution in [-0.2, 0) is 9.47 Å². The summed E-state index contributed by atoms with van der Waals surface area (Å²) in [5.41, 5.74) is 2.08. The topological polar surface area (TPSA) is 50.7 Å². The zero-order valence-electron chi connectivity index (χ0n) is 13.7. The molecule has 0 bridgehead atoms. The lowest BCUT2D eigenvalue weighted by Crippen LogP contribution is -2.39. The third-order valence-electron chi connectivity index (χ3n) is 4.40. The van der Waals surface area contributed by atoms with Crippen LogP contribution < -0.4 is 9.80 Å². The van der Waals surface area contributed by atoms with Crippen molar-refractivity contribution < 1.29 is 9.47 Å². The van der Waals surface area contributed by atoms with E-state index in [4.69, 9.17) is 19.4 Å². The highest BCUT2D eigenvalue weighted by molar-refractivity contribution is 5.65. The molecule has 0 amide bonds. The first kappa shape index (κ1) is 15.4. The summed E-state index contributed by atoms with van der Waals surface area (Å²) >= 11 is 0. The molecule has 0 radical (unpaired) electrons. The summed E-state index contributed by atoms with van der Waals surface area (Å²) in [5.74, 6) is 1.77. The van der Waals surface area contributed by atoms with Gasteiger partial charge in [0.1, 0.15) is 5.82 Å². The predicted molar refractivity (Wildman–Crippen MR) is 93.5 cm³/mol. The normalized spacial score (nSPS) is 18.7. The van der Waals surface area contributed by atoms with Gasteiger partial charge in [-0.2, -0.15) is 4.98 Å². The summed E-state index contributed by atoms with van der Waals surface area (Å²) in [7, 11) is 0. The van der Waals surface area contributed by atoms with Crippen LogP contribution >= 0.6 is 0 Å². The van der Waals surface area contributed by atoms with Crippen molar-refractivity contribution in [2.24, 2.45) is 0 Å². The van der Waals surface area contributed by atoms with Crippen LogP contribution in [0.5, 0.6) is 0 Å². The van der Waals surface area contributed by atoms with Gasteiger partial charge in [-0.05, 0) is 0 Å². The van der Waals surface area contributed by atoms with Crippen molar-refractivity contribution in [3.63, 3.8) is 0 Å². The average molecular weight is 326 g/mol. The Morgan fingerprint density at radius 3 is 2.04 bits per heavy atom. The van der Waals surface area contributed by atoms with Crippen molar-refractivity contribution in [1.29, 1.82) is 0 Å². The van der Waals surface area contributed by atoms with Gasteiger partial charge >= 0.3 is 0 Å². The van der Waals surface area contributed by atoms with Crippen LogP contribution in [0.15, 0.2) is 36.4 Å². The summed E-state index contributed by atoms with van der Waals surface area (Å²) in [6.45, 7) is 6.36. The molecule has 0 aliphatic carbocycles. The lowest BCUT2D eigenvalue weighted by atomic mass is 10.1. The first-order chi connectivity index (χ1) is 11.9. The largest absolute Gasteiger partial charge is 0.378 e. The molecule has 4 rings (SSSR count). The Hall–Kier alpha value is -2.18. The molecule has 1 aromatic heterocycles. The molecule has 2 aliphatic rings. The molecular formula is C18H22N4O2. The first-order valence-corrected chi connectivity index (χ1v) is 8.50. The molecule has 3 heterocycles. The Morgan fingerprint density at radius 1 is 0.750 bits per heavy atom. The molecule has 1 aromatic carbocycles. The number of hydrogen-bond donors (Lipinski definition) is 0. The Balaban J connectivity index is 1.72. The van der Waals surface area contributed by atoms with Crippen molar-refractivity contribution in [3.05, 3.63) is 36.4 Å². The second-order valence-electron chi connectivity index (χ2n) is 5.98.